The lowest BCUT2D eigenvalue weighted by molar-refractivity contribution is -0.114. The van der Waals surface area contributed by atoms with Gasteiger partial charge in [0, 0.05) is 30.0 Å². The second-order valence-corrected chi connectivity index (χ2v) is 6.38. The molecule has 0 spiro atoms. The Bertz CT molecular complexity index is 1080. The molecule has 0 unspecified atom stereocenters. The average Bonchev–Trinajstić information content (AvgIpc) is 2.73. The summed E-state index contributed by atoms with van der Waals surface area (Å²) in [7, 11) is 0. The van der Waals surface area contributed by atoms with E-state index < -0.39 is 0 Å². The Morgan fingerprint density at radius 3 is 2.89 bits per heavy atom. The van der Waals surface area contributed by atoms with Crippen LogP contribution in [0.5, 0.6) is 0 Å². The smallest absolute Gasteiger partial charge is 0.270 e. The minimum atomic E-state index is -0.287. The van der Waals surface area contributed by atoms with Gasteiger partial charge in [-0.05, 0) is 36.6 Å². The predicted octanol–water partition coefficient (Wildman–Crippen LogP) is 4.03. The monoisotopic (exact) mass is 354 g/mol. The van der Waals surface area contributed by atoms with Crippen LogP contribution >= 0.6 is 0 Å². The molecule has 1 amide bonds. The lowest BCUT2D eigenvalue weighted by Crippen LogP contribution is -2.36. The fourth-order valence-corrected chi connectivity index (χ4v) is 3.40. The summed E-state index contributed by atoms with van der Waals surface area (Å²) in [4.78, 5) is 19.0. The molecule has 0 aliphatic carbocycles. The molecule has 27 heavy (non-hydrogen) atoms. The summed E-state index contributed by atoms with van der Waals surface area (Å²) in [6, 6.07) is 19.5. The van der Waals surface area contributed by atoms with Crippen molar-refractivity contribution in [3.8, 4) is 6.07 Å². The lowest BCUT2D eigenvalue weighted by atomic mass is 10.0. The van der Waals surface area contributed by atoms with Gasteiger partial charge in [0.15, 0.2) is 0 Å². The number of pyridine rings is 1. The van der Waals surface area contributed by atoms with Gasteiger partial charge in [-0.15, -0.1) is 0 Å². The molecule has 1 aromatic heterocycles. The van der Waals surface area contributed by atoms with E-state index in [1.54, 1.807) is 11.1 Å². The van der Waals surface area contributed by atoms with Gasteiger partial charge >= 0.3 is 0 Å². The third kappa shape index (κ3) is 3.25. The number of nitrogens with one attached hydrogen (secondary N) is 1. The number of nitriles is 1. The maximum absolute atomic E-state index is 13.0. The van der Waals surface area contributed by atoms with E-state index in [1.165, 1.54) is 6.20 Å². The number of benzene rings is 2. The van der Waals surface area contributed by atoms with Gasteiger partial charge in [0.1, 0.15) is 11.6 Å². The van der Waals surface area contributed by atoms with Crippen molar-refractivity contribution in [2.45, 2.75) is 12.8 Å². The summed E-state index contributed by atoms with van der Waals surface area (Å²) in [6.07, 6.45) is 5.04. The Morgan fingerprint density at radius 1 is 1.15 bits per heavy atom. The molecule has 132 valence electrons. The summed E-state index contributed by atoms with van der Waals surface area (Å²) >= 11 is 0. The Kier molecular flexibility index (Phi) is 4.54. The van der Waals surface area contributed by atoms with Crippen LogP contribution in [0.15, 0.2) is 72.6 Å². The third-order valence-corrected chi connectivity index (χ3v) is 4.71. The first-order valence-electron chi connectivity index (χ1n) is 8.88. The lowest BCUT2D eigenvalue weighted by Gasteiger charge is -2.29. The van der Waals surface area contributed by atoms with Crippen LogP contribution in [0, 0.1) is 11.3 Å². The highest BCUT2D eigenvalue weighted by atomic mass is 16.2. The molecule has 4 rings (SSSR count). The minimum Gasteiger partial charge on any atom is -0.358 e. The zero-order chi connectivity index (χ0) is 18.6. The summed E-state index contributed by atoms with van der Waals surface area (Å²) in [5.41, 5.74) is 3.65. The molecule has 0 saturated heterocycles. The van der Waals surface area contributed by atoms with E-state index in [9.17, 15) is 10.1 Å². The number of fused-ring (bicyclic) bond motifs is 2. The predicted molar refractivity (Wildman–Crippen MR) is 106 cm³/mol. The maximum Gasteiger partial charge on any atom is 0.270 e. The third-order valence-electron chi connectivity index (χ3n) is 4.71. The van der Waals surface area contributed by atoms with Crippen molar-refractivity contribution in [1.82, 2.24) is 4.98 Å². The number of nitrogens with zero attached hydrogens (tertiary/aromatic N) is 3. The molecule has 1 aliphatic rings. The Hall–Kier alpha value is -3.65. The molecule has 0 bridgehead atoms. The second-order valence-electron chi connectivity index (χ2n) is 6.38. The summed E-state index contributed by atoms with van der Waals surface area (Å²) in [5, 5.41) is 13.6. The van der Waals surface area contributed by atoms with Crippen LogP contribution in [0.3, 0.4) is 0 Å². The highest BCUT2D eigenvalue weighted by molar-refractivity contribution is 6.09. The first kappa shape index (κ1) is 16.8. The van der Waals surface area contributed by atoms with Crippen molar-refractivity contribution in [2.24, 2.45) is 0 Å². The van der Waals surface area contributed by atoms with Crippen LogP contribution in [0.1, 0.15) is 12.0 Å². The molecule has 1 aliphatic heterocycles. The molecule has 5 nitrogen and oxygen atoms in total. The molecular weight excluding hydrogens is 336 g/mol. The van der Waals surface area contributed by atoms with Crippen molar-refractivity contribution < 1.29 is 4.79 Å². The molecular formula is C22H18N4O. The number of hydrogen-bond donors (Lipinski definition) is 1. The zero-order valence-electron chi connectivity index (χ0n) is 14.7. The van der Waals surface area contributed by atoms with E-state index in [4.69, 9.17) is 0 Å². The fraction of sp³-hybridized carbons (Fsp3) is 0.136. The van der Waals surface area contributed by atoms with Gasteiger partial charge in [0.25, 0.3) is 5.91 Å². The van der Waals surface area contributed by atoms with E-state index in [0.29, 0.717) is 6.54 Å². The summed E-state index contributed by atoms with van der Waals surface area (Å²) in [5.74, 6) is -0.287. The number of amides is 1. The summed E-state index contributed by atoms with van der Waals surface area (Å²) < 4.78 is 0. The van der Waals surface area contributed by atoms with Crippen molar-refractivity contribution in [1.29, 1.82) is 5.26 Å². The van der Waals surface area contributed by atoms with Gasteiger partial charge in [0.2, 0.25) is 0 Å². The Morgan fingerprint density at radius 2 is 2.00 bits per heavy atom. The van der Waals surface area contributed by atoms with Gasteiger partial charge in [-0.25, -0.2) is 0 Å². The van der Waals surface area contributed by atoms with E-state index in [1.807, 2.05) is 60.7 Å². The first-order chi connectivity index (χ1) is 13.3. The summed E-state index contributed by atoms with van der Waals surface area (Å²) in [6.45, 7) is 0.616. The van der Waals surface area contributed by atoms with Gasteiger partial charge in [-0.3, -0.25) is 9.78 Å². The SMILES string of the molecule is N#C/C(=C/Nc1cccc2cccnc12)C(=O)N1CCCc2ccccc21. The number of carbonyl (C=O) groups is 1. The van der Waals surface area contributed by atoms with Crippen molar-refractivity contribution in [3.05, 3.63) is 78.1 Å². The van der Waals surface area contributed by atoms with Crippen LogP contribution in [-0.2, 0) is 11.2 Å². The van der Waals surface area contributed by atoms with Gasteiger partial charge in [0.05, 0.1) is 11.2 Å². The highest BCUT2D eigenvalue weighted by Gasteiger charge is 2.24. The number of aromatic nitrogens is 1. The topological polar surface area (TPSA) is 69.0 Å². The van der Waals surface area contributed by atoms with E-state index >= 15 is 0 Å². The molecule has 0 radical (unpaired) electrons. The molecule has 1 N–H and O–H groups in total. The number of rotatable bonds is 3. The molecule has 2 heterocycles. The standard InChI is InChI=1S/C22H18N4O/c23-14-18(15-25-19-10-3-7-17-8-4-12-24-21(17)19)22(27)26-13-5-9-16-6-1-2-11-20(16)26/h1-4,6-8,10-12,15,25H,5,9,13H2/b18-15-. The number of carbonyl (C=O) groups excluding carboxylic acids is 1. The number of aryl methyl sites for hydroxylation is 1. The van der Waals surface area contributed by atoms with Gasteiger partial charge in [-0.2, -0.15) is 5.26 Å². The van der Waals surface area contributed by atoms with Crippen molar-refractivity contribution in [3.63, 3.8) is 0 Å². The molecule has 0 saturated carbocycles. The second kappa shape index (κ2) is 7.30. The number of hydrogen-bond acceptors (Lipinski definition) is 4. The van der Waals surface area contributed by atoms with Gasteiger partial charge in [-0.1, -0.05) is 36.4 Å². The fourth-order valence-electron chi connectivity index (χ4n) is 3.40. The highest BCUT2D eigenvalue weighted by Crippen LogP contribution is 2.28. The van der Waals surface area contributed by atoms with E-state index in [0.717, 1.165) is 40.7 Å². The number of para-hydroxylation sites is 2. The minimum absolute atomic E-state index is 0.0691. The van der Waals surface area contributed by atoms with Crippen LogP contribution in [0.25, 0.3) is 10.9 Å². The van der Waals surface area contributed by atoms with E-state index in [2.05, 4.69) is 10.3 Å². The molecule has 5 heteroatoms. The average molecular weight is 354 g/mol. The van der Waals surface area contributed by atoms with Crippen LogP contribution in [0.4, 0.5) is 11.4 Å². The molecule has 2 aromatic carbocycles. The molecule has 0 atom stereocenters. The van der Waals surface area contributed by atoms with Crippen molar-refractivity contribution >= 4 is 28.2 Å². The quantitative estimate of drug-likeness (QED) is 0.569. The van der Waals surface area contributed by atoms with Crippen LogP contribution in [-0.4, -0.2) is 17.4 Å². The normalized spacial score (nSPS) is 13.7. The Balaban J connectivity index is 1.63. The molecule has 3 aromatic rings. The van der Waals surface area contributed by atoms with Crippen molar-refractivity contribution in [2.75, 3.05) is 16.8 Å². The zero-order valence-corrected chi connectivity index (χ0v) is 14.7. The largest absolute Gasteiger partial charge is 0.358 e. The van der Waals surface area contributed by atoms with Crippen LogP contribution < -0.4 is 10.2 Å². The first-order valence-corrected chi connectivity index (χ1v) is 8.88. The number of anilines is 2. The van der Waals surface area contributed by atoms with E-state index in [-0.39, 0.29) is 11.5 Å². The molecule has 0 fully saturated rings. The maximum atomic E-state index is 13.0. The Labute approximate surface area is 157 Å². The van der Waals surface area contributed by atoms with Crippen LogP contribution in [0.2, 0.25) is 0 Å². The van der Waals surface area contributed by atoms with Gasteiger partial charge < -0.3 is 10.2 Å².